The summed E-state index contributed by atoms with van der Waals surface area (Å²) in [4.78, 5) is 12.6. The van der Waals surface area contributed by atoms with Crippen LogP contribution in [0.15, 0.2) is 0 Å². The third-order valence-electron chi connectivity index (χ3n) is 2.01. The topological polar surface area (TPSA) is 40.5 Å². The van der Waals surface area contributed by atoms with Gasteiger partial charge in [0.15, 0.2) is 0 Å². The van der Waals surface area contributed by atoms with Gasteiger partial charge in [0, 0.05) is 6.04 Å². The number of hydrogen-bond acceptors (Lipinski definition) is 3. The average molecular weight is 219 g/mol. The van der Waals surface area contributed by atoms with Crippen molar-refractivity contribution in [2.75, 3.05) is 24.6 Å². The smallest absolute Gasteiger partial charge is 0.317 e. The van der Waals surface area contributed by atoms with E-state index in [1.165, 1.54) is 0 Å². The van der Waals surface area contributed by atoms with Gasteiger partial charge in [-0.3, -0.25) is 9.69 Å². The van der Waals surface area contributed by atoms with E-state index in [9.17, 15) is 4.79 Å². The summed E-state index contributed by atoms with van der Waals surface area (Å²) in [6, 6.07) is 0.317. The molecule has 0 radical (unpaired) electrons. The Morgan fingerprint density at radius 2 is 2.14 bits per heavy atom. The summed E-state index contributed by atoms with van der Waals surface area (Å²) in [5, 5.41) is 8.69. The van der Waals surface area contributed by atoms with Gasteiger partial charge in [0.2, 0.25) is 0 Å². The van der Waals surface area contributed by atoms with Crippen molar-refractivity contribution in [3.63, 3.8) is 0 Å². The second-order valence-corrected chi connectivity index (χ2v) is 4.90. The molecule has 0 aliphatic heterocycles. The van der Waals surface area contributed by atoms with Gasteiger partial charge in [0.05, 0.1) is 6.54 Å². The molecular weight excluding hydrogens is 198 g/mol. The molecule has 14 heavy (non-hydrogen) atoms. The van der Waals surface area contributed by atoms with E-state index in [0.29, 0.717) is 6.04 Å². The Hall–Kier alpha value is -0.220. The van der Waals surface area contributed by atoms with Crippen LogP contribution in [0.2, 0.25) is 0 Å². The summed E-state index contributed by atoms with van der Waals surface area (Å²) in [7, 11) is 0. The minimum absolute atomic E-state index is 0.161. The van der Waals surface area contributed by atoms with Crippen molar-refractivity contribution in [3.8, 4) is 0 Å². The Morgan fingerprint density at radius 3 is 2.57 bits per heavy atom. The second-order valence-electron chi connectivity index (χ2n) is 3.51. The van der Waals surface area contributed by atoms with Crippen LogP contribution in [0, 0.1) is 0 Å². The molecule has 0 aromatic rings. The summed E-state index contributed by atoms with van der Waals surface area (Å²) in [6.07, 6.45) is 1.07. The van der Waals surface area contributed by atoms with Crippen molar-refractivity contribution >= 4 is 17.7 Å². The Labute approximate surface area is 90.9 Å². The fraction of sp³-hybridized carbons (Fsp3) is 0.900. The molecule has 0 saturated heterocycles. The molecule has 0 heterocycles. The third-order valence-corrected chi connectivity index (χ3v) is 2.99. The number of carboxylic acid groups (broad SMARTS) is 1. The lowest BCUT2D eigenvalue weighted by Crippen LogP contribution is -2.36. The summed E-state index contributed by atoms with van der Waals surface area (Å²) in [5.74, 6) is 1.53. The van der Waals surface area contributed by atoms with Crippen LogP contribution in [-0.4, -0.2) is 46.6 Å². The highest BCUT2D eigenvalue weighted by Crippen LogP contribution is 2.04. The van der Waals surface area contributed by atoms with E-state index < -0.39 is 5.97 Å². The zero-order chi connectivity index (χ0) is 11.0. The molecule has 0 aromatic carbocycles. The Bertz CT molecular complexity index is 162. The number of thioether (sulfide) groups is 1. The van der Waals surface area contributed by atoms with E-state index in [4.69, 9.17) is 5.11 Å². The molecule has 0 bridgehead atoms. The van der Waals surface area contributed by atoms with E-state index >= 15 is 0 Å². The second kappa shape index (κ2) is 8.12. The summed E-state index contributed by atoms with van der Waals surface area (Å²) >= 11 is 1.91. The van der Waals surface area contributed by atoms with Crippen molar-refractivity contribution in [1.29, 1.82) is 0 Å². The normalized spacial score (nSPS) is 11.2. The van der Waals surface area contributed by atoms with Crippen LogP contribution in [-0.2, 0) is 4.79 Å². The zero-order valence-corrected chi connectivity index (χ0v) is 10.1. The molecule has 0 amide bonds. The van der Waals surface area contributed by atoms with Gasteiger partial charge in [-0.05, 0) is 38.3 Å². The number of carbonyl (C=O) groups is 1. The first kappa shape index (κ1) is 13.8. The highest BCUT2D eigenvalue weighted by atomic mass is 32.2. The van der Waals surface area contributed by atoms with Gasteiger partial charge in [0.1, 0.15) is 0 Å². The van der Waals surface area contributed by atoms with E-state index in [1.807, 2.05) is 30.5 Å². The minimum Gasteiger partial charge on any atom is -0.480 e. The maximum absolute atomic E-state index is 10.6. The van der Waals surface area contributed by atoms with Crippen molar-refractivity contribution in [1.82, 2.24) is 4.90 Å². The monoisotopic (exact) mass is 219 g/mol. The third kappa shape index (κ3) is 7.21. The van der Waals surface area contributed by atoms with Gasteiger partial charge in [-0.2, -0.15) is 11.8 Å². The summed E-state index contributed by atoms with van der Waals surface area (Å²) in [5.41, 5.74) is 0. The fourth-order valence-corrected chi connectivity index (χ4v) is 1.83. The summed E-state index contributed by atoms with van der Waals surface area (Å²) < 4.78 is 0. The maximum atomic E-state index is 10.6. The molecule has 0 saturated carbocycles. The average Bonchev–Trinajstić information content (AvgIpc) is 2.09. The molecule has 0 unspecified atom stereocenters. The van der Waals surface area contributed by atoms with Gasteiger partial charge in [-0.25, -0.2) is 0 Å². The van der Waals surface area contributed by atoms with Crippen LogP contribution in [0.25, 0.3) is 0 Å². The van der Waals surface area contributed by atoms with E-state index in [1.54, 1.807) is 0 Å². The predicted octanol–water partition coefficient (Wildman–Crippen LogP) is 1.92. The molecule has 0 aliphatic rings. The maximum Gasteiger partial charge on any atom is 0.317 e. The van der Waals surface area contributed by atoms with Crippen LogP contribution in [0.5, 0.6) is 0 Å². The van der Waals surface area contributed by atoms with Gasteiger partial charge < -0.3 is 5.11 Å². The first-order chi connectivity index (χ1) is 6.57. The molecule has 84 valence electrons. The molecule has 0 rings (SSSR count). The highest BCUT2D eigenvalue weighted by molar-refractivity contribution is 7.99. The Balaban J connectivity index is 3.68. The van der Waals surface area contributed by atoms with Crippen LogP contribution < -0.4 is 0 Å². The van der Waals surface area contributed by atoms with Gasteiger partial charge >= 0.3 is 5.97 Å². The van der Waals surface area contributed by atoms with Crippen molar-refractivity contribution < 1.29 is 9.90 Å². The standard InChI is InChI=1S/C10H21NO2S/c1-4-14-7-5-6-11(9(2)3)8-10(12)13/h9H,4-8H2,1-3H3,(H,12,13). The highest BCUT2D eigenvalue weighted by Gasteiger charge is 2.12. The predicted molar refractivity (Wildman–Crippen MR) is 62.0 cm³/mol. The largest absolute Gasteiger partial charge is 0.480 e. The first-order valence-electron chi connectivity index (χ1n) is 5.11. The number of aliphatic carboxylic acids is 1. The fourth-order valence-electron chi connectivity index (χ4n) is 1.21. The molecule has 1 N–H and O–H groups in total. The lowest BCUT2D eigenvalue weighted by molar-refractivity contribution is -0.138. The van der Waals surface area contributed by atoms with Crippen molar-refractivity contribution in [2.24, 2.45) is 0 Å². The zero-order valence-electron chi connectivity index (χ0n) is 9.32. The number of carboxylic acids is 1. The number of hydrogen-bond donors (Lipinski definition) is 1. The molecule has 0 atom stereocenters. The van der Waals surface area contributed by atoms with Crippen LogP contribution in [0.1, 0.15) is 27.2 Å². The molecule has 0 spiro atoms. The number of nitrogens with zero attached hydrogens (tertiary/aromatic N) is 1. The van der Waals surface area contributed by atoms with Crippen molar-refractivity contribution in [3.05, 3.63) is 0 Å². The first-order valence-corrected chi connectivity index (χ1v) is 6.27. The molecule has 0 fully saturated rings. The number of rotatable bonds is 8. The van der Waals surface area contributed by atoms with E-state index in [0.717, 1.165) is 24.5 Å². The minimum atomic E-state index is -0.734. The SMILES string of the molecule is CCSCCCN(CC(=O)O)C(C)C. The van der Waals surface area contributed by atoms with Gasteiger partial charge in [-0.15, -0.1) is 0 Å². The summed E-state index contributed by atoms with van der Waals surface area (Å²) in [6.45, 7) is 7.26. The molecule has 0 aromatic heterocycles. The van der Waals surface area contributed by atoms with Crippen LogP contribution in [0.4, 0.5) is 0 Å². The van der Waals surface area contributed by atoms with Gasteiger partial charge in [-0.1, -0.05) is 6.92 Å². The lowest BCUT2D eigenvalue weighted by Gasteiger charge is -2.24. The molecule has 0 aliphatic carbocycles. The molecule has 3 nitrogen and oxygen atoms in total. The molecule has 4 heteroatoms. The quantitative estimate of drug-likeness (QED) is 0.633. The van der Waals surface area contributed by atoms with Crippen LogP contribution in [0.3, 0.4) is 0 Å². The molecular formula is C10H21NO2S. The van der Waals surface area contributed by atoms with Crippen LogP contribution >= 0.6 is 11.8 Å². The van der Waals surface area contributed by atoms with Crippen molar-refractivity contribution in [2.45, 2.75) is 33.2 Å². The Kier molecular flexibility index (Phi) is 7.99. The Morgan fingerprint density at radius 1 is 1.50 bits per heavy atom. The van der Waals surface area contributed by atoms with Gasteiger partial charge in [0.25, 0.3) is 0 Å². The van der Waals surface area contributed by atoms with E-state index in [2.05, 4.69) is 6.92 Å². The lowest BCUT2D eigenvalue weighted by atomic mass is 10.3. The van der Waals surface area contributed by atoms with E-state index in [-0.39, 0.29) is 6.54 Å².